The number of nitro benzene ring substituents is 1. The molecule has 0 bridgehead atoms. The molecule has 0 aliphatic carbocycles. The standard InChI is InChI=1S/C23H13ClN2O6/c24-17-5-2-4-16(13-17)21-25-20(23(28)32-21)12-14-3-1-6-19(11-14)31-22(27)15-7-9-18(10-8-15)26(29)30/h1-13H/b20-12-. The monoisotopic (exact) mass is 448 g/mol. The molecular weight excluding hydrogens is 436 g/mol. The van der Waals surface area contributed by atoms with Crippen molar-refractivity contribution in [3.05, 3.63) is 110 Å². The predicted octanol–water partition coefficient (Wildman–Crippen LogP) is 4.81. The van der Waals surface area contributed by atoms with Crippen LogP contribution < -0.4 is 4.74 Å². The van der Waals surface area contributed by atoms with Crippen molar-refractivity contribution in [3.8, 4) is 5.75 Å². The lowest BCUT2D eigenvalue weighted by Gasteiger charge is -2.05. The molecule has 0 N–H and O–H groups in total. The first-order chi connectivity index (χ1) is 15.4. The highest BCUT2D eigenvalue weighted by molar-refractivity contribution is 6.31. The Kier molecular flexibility index (Phi) is 5.78. The SMILES string of the molecule is O=C1OC(c2cccc(Cl)c2)=N/C1=C\c1cccc(OC(=O)c2ccc([N+](=O)[O-])cc2)c1. The van der Waals surface area contributed by atoms with Crippen LogP contribution in [0.1, 0.15) is 21.5 Å². The molecular formula is C23H13ClN2O6. The lowest BCUT2D eigenvalue weighted by molar-refractivity contribution is -0.384. The van der Waals surface area contributed by atoms with Gasteiger partial charge in [0, 0.05) is 22.7 Å². The molecule has 0 fully saturated rings. The second-order valence-electron chi connectivity index (χ2n) is 6.61. The Morgan fingerprint density at radius 1 is 1.06 bits per heavy atom. The van der Waals surface area contributed by atoms with Crippen LogP contribution in [-0.2, 0) is 9.53 Å². The Morgan fingerprint density at radius 3 is 2.53 bits per heavy atom. The van der Waals surface area contributed by atoms with Crippen LogP contribution in [0.3, 0.4) is 0 Å². The molecule has 1 aliphatic rings. The first-order valence-corrected chi connectivity index (χ1v) is 9.62. The second-order valence-corrected chi connectivity index (χ2v) is 7.05. The molecule has 0 saturated heterocycles. The molecule has 0 unspecified atom stereocenters. The molecule has 32 heavy (non-hydrogen) atoms. The van der Waals surface area contributed by atoms with E-state index in [9.17, 15) is 19.7 Å². The zero-order valence-electron chi connectivity index (χ0n) is 16.2. The van der Waals surface area contributed by atoms with Gasteiger partial charge in [-0.2, -0.15) is 0 Å². The number of carbonyl (C=O) groups excluding carboxylic acids is 2. The smallest absolute Gasteiger partial charge is 0.363 e. The number of nitrogens with zero attached hydrogens (tertiary/aromatic N) is 2. The van der Waals surface area contributed by atoms with E-state index in [0.717, 1.165) is 0 Å². The molecule has 0 aromatic heterocycles. The van der Waals surface area contributed by atoms with Gasteiger partial charge in [0.15, 0.2) is 5.70 Å². The van der Waals surface area contributed by atoms with Gasteiger partial charge in [-0.3, -0.25) is 10.1 Å². The molecule has 0 spiro atoms. The average Bonchev–Trinajstić information content (AvgIpc) is 3.14. The fourth-order valence-corrected chi connectivity index (χ4v) is 3.06. The molecule has 158 valence electrons. The first-order valence-electron chi connectivity index (χ1n) is 9.24. The molecule has 0 amide bonds. The van der Waals surface area contributed by atoms with Crippen LogP contribution >= 0.6 is 11.6 Å². The number of benzene rings is 3. The van der Waals surface area contributed by atoms with Crippen molar-refractivity contribution in [1.29, 1.82) is 0 Å². The Balaban J connectivity index is 1.52. The lowest BCUT2D eigenvalue weighted by atomic mass is 10.1. The maximum Gasteiger partial charge on any atom is 0.363 e. The zero-order chi connectivity index (χ0) is 22.7. The lowest BCUT2D eigenvalue weighted by Crippen LogP contribution is -2.08. The fourth-order valence-electron chi connectivity index (χ4n) is 2.87. The average molecular weight is 449 g/mol. The van der Waals surface area contributed by atoms with E-state index >= 15 is 0 Å². The van der Waals surface area contributed by atoms with Crippen molar-refractivity contribution in [2.24, 2.45) is 4.99 Å². The topological polar surface area (TPSA) is 108 Å². The number of rotatable bonds is 5. The third-order valence-corrected chi connectivity index (χ3v) is 4.61. The van der Waals surface area contributed by atoms with Crippen LogP contribution in [0, 0.1) is 10.1 Å². The van der Waals surface area contributed by atoms with Gasteiger partial charge in [0.05, 0.1) is 10.5 Å². The van der Waals surface area contributed by atoms with E-state index in [0.29, 0.717) is 16.1 Å². The number of halogens is 1. The minimum absolute atomic E-state index is 0.0822. The Bertz CT molecular complexity index is 1300. The number of aliphatic imine (C=N–C) groups is 1. The summed E-state index contributed by atoms with van der Waals surface area (Å²) in [4.78, 5) is 38.9. The van der Waals surface area contributed by atoms with Gasteiger partial charge in [-0.05, 0) is 54.1 Å². The summed E-state index contributed by atoms with van der Waals surface area (Å²) < 4.78 is 10.5. The van der Waals surface area contributed by atoms with Crippen LogP contribution in [0.4, 0.5) is 5.69 Å². The minimum atomic E-state index is -0.675. The number of carbonyl (C=O) groups is 2. The Hall–Kier alpha value is -4.30. The summed E-state index contributed by atoms with van der Waals surface area (Å²) in [6.45, 7) is 0. The molecule has 0 radical (unpaired) electrons. The highest BCUT2D eigenvalue weighted by atomic mass is 35.5. The summed E-state index contributed by atoms with van der Waals surface area (Å²) in [7, 11) is 0. The van der Waals surface area contributed by atoms with E-state index in [4.69, 9.17) is 21.1 Å². The van der Waals surface area contributed by atoms with Gasteiger partial charge in [-0.1, -0.05) is 29.8 Å². The normalized spacial score (nSPS) is 14.1. The van der Waals surface area contributed by atoms with Crippen LogP contribution in [0.2, 0.25) is 5.02 Å². The van der Waals surface area contributed by atoms with Gasteiger partial charge in [0.25, 0.3) is 5.69 Å². The highest BCUT2D eigenvalue weighted by Crippen LogP contribution is 2.23. The summed E-state index contributed by atoms with van der Waals surface area (Å²) in [5, 5.41) is 11.2. The molecule has 3 aromatic rings. The molecule has 3 aromatic carbocycles. The quantitative estimate of drug-likeness (QED) is 0.182. The molecule has 8 nitrogen and oxygen atoms in total. The first kappa shape index (κ1) is 21.0. The second kappa shape index (κ2) is 8.83. The molecule has 0 saturated carbocycles. The third-order valence-electron chi connectivity index (χ3n) is 4.38. The number of ether oxygens (including phenoxy) is 2. The van der Waals surface area contributed by atoms with Gasteiger partial charge < -0.3 is 9.47 Å². The van der Waals surface area contributed by atoms with E-state index in [1.165, 1.54) is 30.3 Å². The maximum atomic E-state index is 12.3. The number of hydrogen-bond donors (Lipinski definition) is 0. The maximum absolute atomic E-state index is 12.3. The van der Waals surface area contributed by atoms with Crippen molar-refractivity contribution in [3.63, 3.8) is 0 Å². The summed E-state index contributed by atoms with van der Waals surface area (Å²) in [5.74, 6) is -0.919. The number of non-ortho nitro benzene ring substituents is 1. The number of hydrogen-bond acceptors (Lipinski definition) is 7. The molecule has 1 heterocycles. The summed E-state index contributed by atoms with van der Waals surface area (Å²) in [6.07, 6.45) is 1.50. The van der Waals surface area contributed by atoms with Crippen LogP contribution in [-0.4, -0.2) is 22.8 Å². The van der Waals surface area contributed by atoms with Crippen molar-refractivity contribution in [2.75, 3.05) is 0 Å². The van der Waals surface area contributed by atoms with Crippen LogP contribution in [0.25, 0.3) is 6.08 Å². The summed E-state index contributed by atoms with van der Waals surface area (Å²) in [6, 6.07) is 18.3. The fraction of sp³-hybridized carbons (Fsp3) is 0. The van der Waals surface area contributed by atoms with Crippen molar-refractivity contribution in [1.82, 2.24) is 0 Å². The van der Waals surface area contributed by atoms with E-state index in [-0.39, 0.29) is 28.6 Å². The molecule has 4 rings (SSSR count). The number of cyclic esters (lactones) is 1. The van der Waals surface area contributed by atoms with Crippen molar-refractivity contribution in [2.45, 2.75) is 0 Å². The van der Waals surface area contributed by atoms with Gasteiger partial charge >= 0.3 is 11.9 Å². The van der Waals surface area contributed by atoms with E-state index in [1.807, 2.05) is 0 Å². The summed E-state index contributed by atoms with van der Waals surface area (Å²) >= 11 is 5.97. The van der Waals surface area contributed by atoms with E-state index in [2.05, 4.69) is 4.99 Å². The predicted molar refractivity (Wildman–Crippen MR) is 117 cm³/mol. The molecule has 1 aliphatic heterocycles. The van der Waals surface area contributed by atoms with Crippen LogP contribution in [0.5, 0.6) is 5.75 Å². The van der Waals surface area contributed by atoms with Crippen molar-refractivity contribution >= 4 is 41.2 Å². The highest BCUT2D eigenvalue weighted by Gasteiger charge is 2.24. The number of nitro groups is 1. The zero-order valence-corrected chi connectivity index (χ0v) is 17.0. The molecule has 0 atom stereocenters. The van der Waals surface area contributed by atoms with Gasteiger partial charge in [-0.15, -0.1) is 0 Å². The third kappa shape index (κ3) is 4.71. The Morgan fingerprint density at radius 2 is 1.81 bits per heavy atom. The van der Waals surface area contributed by atoms with E-state index in [1.54, 1.807) is 48.5 Å². The van der Waals surface area contributed by atoms with Crippen molar-refractivity contribution < 1.29 is 24.0 Å². The van der Waals surface area contributed by atoms with Crippen LogP contribution in [0.15, 0.2) is 83.5 Å². The van der Waals surface area contributed by atoms with Gasteiger partial charge in [-0.25, -0.2) is 14.6 Å². The minimum Gasteiger partial charge on any atom is -0.423 e. The number of esters is 2. The molecule has 9 heteroatoms. The summed E-state index contributed by atoms with van der Waals surface area (Å²) in [5.41, 5.74) is 1.24. The van der Waals surface area contributed by atoms with Gasteiger partial charge in [0.1, 0.15) is 5.75 Å². The van der Waals surface area contributed by atoms with Gasteiger partial charge in [0.2, 0.25) is 5.90 Å². The van der Waals surface area contributed by atoms with E-state index < -0.39 is 16.9 Å². The largest absolute Gasteiger partial charge is 0.423 e. The Labute approximate surface area is 186 Å².